The predicted octanol–water partition coefficient (Wildman–Crippen LogP) is 0.559. The van der Waals surface area contributed by atoms with Gasteiger partial charge in [-0.3, -0.25) is 10.6 Å². The SMILES string of the molecule is O=C(OC1CCCN1)OC1CCCN1. The van der Waals surface area contributed by atoms with Crippen molar-refractivity contribution in [1.29, 1.82) is 0 Å². The Morgan fingerprint density at radius 3 is 1.86 bits per heavy atom. The summed E-state index contributed by atoms with van der Waals surface area (Å²) in [5.41, 5.74) is 0. The fourth-order valence-electron chi connectivity index (χ4n) is 1.77. The van der Waals surface area contributed by atoms with E-state index in [0.717, 1.165) is 38.8 Å². The molecule has 2 rings (SSSR count). The van der Waals surface area contributed by atoms with Crippen LogP contribution in [0, 0.1) is 0 Å². The van der Waals surface area contributed by atoms with E-state index >= 15 is 0 Å². The third-order valence-corrected chi connectivity index (χ3v) is 2.51. The summed E-state index contributed by atoms with van der Waals surface area (Å²) in [5, 5.41) is 6.14. The molecule has 80 valence electrons. The summed E-state index contributed by atoms with van der Waals surface area (Å²) in [6.07, 6.45) is 3.01. The van der Waals surface area contributed by atoms with Crippen molar-refractivity contribution in [3.05, 3.63) is 0 Å². The monoisotopic (exact) mass is 200 g/mol. The van der Waals surface area contributed by atoms with Crippen LogP contribution in [0.3, 0.4) is 0 Å². The Hall–Kier alpha value is -0.810. The van der Waals surface area contributed by atoms with Crippen LogP contribution in [0.1, 0.15) is 25.7 Å². The van der Waals surface area contributed by atoms with Crippen LogP contribution in [0.5, 0.6) is 0 Å². The van der Waals surface area contributed by atoms with Crippen LogP contribution in [0.15, 0.2) is 0 Å². The van der Waals surface area contributed by atoms with Crippen LogP contribution < -0.4 is 10.6 Å². The van der Waals surface area contributed by atoms with Crippen molar-refractivity contribution < 1.29 is 14.3 Å². The van der Waals surface area contributed by atoms with Gasteiger partial charge in [0.2, 0.25) is 0 Å². The molecule has 0 aromatic rings. The molecule has 2 aliphatic rings. The van der Waals surface area contributed by atoms with Crippen molar-refractivity contribution in [3.8, 4) is 0 Å². The maximum absolute atomic E-state index is 11.2. The number of rotatable bonds is 2. The second kappa shape index (κ2) is 4.61. The summed E-state index contributed by atoms with van der Waals surface area (Å²) < 4.78 is 10.1. The number of nitrogens with one attached hydrogen (secondary N) is 2. The van der Waals surface area contributed by atoms with Crippen molar-refractivity contribution in [2.45, 2.75) is 38.1 Å². The van der Waals surface area contributed by atoms with Crippen LogP contribution in [0.2, 0.25) is 0 Å². The molecule has 2 fully saturated rings. The summed E-state index contributed by atoms with van der Waals surface area (Å²) in [6.45, 7) is 1.83. The molecule has 0 amide bonds. The first-order valence-electron chi connectivity index (χ1n) is 5.18. The van der Waals surface area contributed by atoms with Gasteiger partial charge in [0, 0.05) is 0 Å². The van der Waals surface area contributed by atoms with Crippen LogP contribution in [-0.4, -0.2) is 31.7 Å². The molecule has 2 N–H and O–H groups in total. The predicted molar refractivity (Wildman–Crippen MR) is 49.6 cm³/mol. The molecule has 0 aromatic carbocycles. The van der Waals surface area contributed by atoms with Crippen molar-refractivity contribution >= 4 is 6.16 Å². The van der Waals surface area contributed by atoms with Crippen LogP contribution in [0.25, 0.3) is 0 Å². The Kier molecular flexibility index (Phi) is 3.21. The summed E-state index contributed by atoms with van der Waals surface area (Å²) in [5.74, 6) is 0. The van der Waals surface area contributed by atoms with Crippen molar-refractivity contribution in [2.24, 2.45) is 0 Å². The molecule has 0 aromatic heterocycles. The van der Waals surface area contributed by atoms with E-state index < -0.39 is 6.16 Å². The topological polar surface area (TPSA) is 59.6 Å². The Morgan fingerprint density at radius 2 is 1.50 bits per heavy atom. The second-order valence-electron chi connectivity index (χ2n) is 3.66. The van der Waals surface area contributed by atoms with E-state index in [9.17, 15) is 4.79 Å². The van der Waals surface area contributed by atoms with E-state index in [1.165, 1.54) is 0 Å². The van der Waals surface area contributed by atoms with Gasteiger partial charge in [-0.25, -0.2) is 4.79 Å². The van der Waals surface area contributed by atoms with Gasteiger partial charge in [0.1, 0.15) is 0 Å². The number of hydrogen-bond acceptors (Lipinski definition) is 5. The normalized spacial score (nSPS) is 31.7. The molecule has 2 heterocycles. The van der Waals surface area contributed by atoms with Crippen molar-refractivity contribution in [1.82, 2.24) is 10.6 Å². The zero-order valence-corrected chi connectivity index (χ0v) is 8.12. The minimum atomic E-state index is -0.566. The highest BCUT2D eigenvalue weighted by Gasteiger charge is 2.23. The lowest BCUT2D eigenvalue weighted by Crippen LogP contribution is -2.32. The third-order valence-electron chi connectivity index (χ3n) is 2.51. The first kappa shape index (κ1) is 9.73. The number of hydrogen-bond donors (Lipinski definition) is 2. The van der Waals surface area contributed by atoms with Crippen molar-refractivity contribution in [2.75, 3.05) is 13.1 Å². The molecule has 2 atom stereocenters. The minimum Gasteiger partial charge on any atom is -0.415 e. The lowest BCUT2D eigenvalue weighted by atomic mass is 10.4. The van der Waals surface area contributed by atoms with Crippen LogP contribution >= 0.6 is 0 Å². The Labute approximate surface area is 83.1 Å². The fraction of sp³-hybridized carbons (Fsp3) is 0.889. The molecule has 0 radical (unpaired) electrons. The zero-order valence-electron chi connectivity index (χ0n) is 8.12. The van der Waals surface area contributed by atoms with Gasteiger partial charge in [-0.15, -0.1) is 0 Å². The average molecular weight is 200 g/mol. The van der Waals surface area contributed by atoms with Gasteiger partial charge in [-0.2, -0.15) is 0 Å². The fourth-order valence-corrected chi connectivity index (χ4v) is 1.77. The van der Waals surface area contributed by atoms with Gasteiger partial charge in [0.15, 0.2) is 12.5 Å². The van der Waals surface area contributed by atoms with Crippen molar-refractivity contribution in [3.63, 3.8) is 0 Å². The Morgan fingerprint density at radius 1 is 1.00 bits per heavy atom. The molecule has 5 heteroatoms. The zero-order chi connectivity index (χ0) is 9.80. The maximum atomic E-state index is 11.2. The molecule has 2 aliphatic heterocycles. The first-order chi connectivity index (χ1) is 6.84. The number of carbonyl (C=O) groups excluding carboxylic acids is 1. The van der Waals surface area contributed by atoms with Gasteiger partial charge >= 0.3 is 6.16 Å². The van der Waals surface area contributed by atoms with E-state index in [-0.39, 0.29) is 12.5 Å². The maximum Gasteiger partial charge on any atom is 0.511 e. The highest BCUT2D eigenvalue weighted by atomic mass is 16.7. The smallest absolute Gasteiger partial charge is 0.415 e. The highest BCUT2D eigenvalue weighted by molar-refractivity contribution is 5.60. The molecule has 0 saturated carbocycles. The quantitative estimate of drug-likeness (QED) is 0.638. The lowest BCUT2D eigenvalue weighted by Gasteiger charge is -2.15. The standard InChI is InChI=1S/C9H16N2O3/c12-9(13-7-3-1-5-10-7)14-8-4-2-6-11-8/h7-8,10-11H,1-6H2. The summed E-state index contributed by atoms with van der Waals surface area (Å²) >= 11 is 0. The van der Waals surface area contributed by atoms with Gasteiger partial charge in [-0.1, -0.05) is 0 Å². The molecule has 14 heavy (non-hydrogen) atoms. The molecule has 0 spiro atoms. The van der Waals surface area contributed by atoms with Crippen LogP contribution in [-0.2, 0) is 9.47 Å². The Bertz CT molecular complexity index is 178. The van der Waals surface area contributed by atoms with Gasteiger partial charge in [0.05, 0.1) is 0 Å². The third kappa shape index (κ3) is 2.59. The highest BCUT2D eigenvalue weighted by Crippen LogP contribution is 2.10. The second-order valence-corrected chi connectivity index (χ2v) is 3.66. The molecule has 2 saturated heterocycles. The number of carbonyl (C=O) groups is 1. The Balaban J connectivity index is 1.66. The first-order valence-corrected chi connectivity index (χ1v) is 5.18. The molecule has 0 aliphatic carbocycles. The van der Waals surface area contributed by atoms with Gasteiger partial charge in [-0.05, 0) is 38.8 Å². The van der Waals surface area contributed by atoms with E-state index in [1.54, 1.807) is 0 Å². The molecule has 2 unspecified atom stereocenters. The van der Waals surface area contributed by atoms with E-state index in [2.05, 4.69) is 10.6 Å². The largest absolute Gasteiger partial charge is 0.511 e. The average Bonchev–Trinajstić information content (AvgIpc) is 2.76. The summed E-state index contributed by atoms with van der Waals surface area (Å²) in [7, 11) is 0. The molecule has 5 nitrogen and oxygen atoms in total. The minimum absolute atomic E-state index is 0.149. The van der Waals surface area contributed by atoms with Gasteiger partial charge < -0.3 is 9.47 Å². The van der Waals surface area contributed by atoms with E-state index in [1.807, 2.05) is 0 Å². The van der Waals surface area contributed by atoms with E-state index in [4.69, 9.17) is 9.47 Å². The molecular weight excluding hydrogens is 184 g/mol. The number of ether oxygens (including phenoxy) is 2. The molecular formula is C9H16N2O3. The lowest BCUT2D eigenvalue weighted by molar-refractivity contribution is -0.00892. The summed E-state index contributed by atoms with van der Waals surface area (Å²) in [4.78, 5) is 11.2. The summed E-state index contributed by atoms with van der Waals surface area (Å²) in [6, 6.07) is 0. The molecule has 0 bridgehead atoms. The van der Waals surface area contributed by atoms with Gasteiger partial charge in [0.25, 0.3) is 0 Å². The van der Waals surface area contributed by atoms with E-state index in [0.29, 0.717) is 0 Å². The van der Waals surface area contributed by atoms with Crippen LogP contribution in [0.4, 0.5) is 4.79 Å².